The summed E-state index contributed by atoms with van der Waals surface area (Å²) in [6.07, 6.45) is 5.72. The third kappa shape index (κ3) is 3.85. The zero-order chi connectivity index (χ0) is 17.1. The second kappa shape index (κ2) is 7.01. The van der Waals surface area contributed by atoms with E-state index in [0.717, 1.165) is 35.5 Å². The van der Waals surface area contributed by atoms with Crippen molar-refractivity contribution >= 4 is 12.0 Å². The van der Waals surface area contributed by atoms with Gasteiger partial charge in [0.1, 0.15) is 13.2 Å². The number of carbonyl (C=O) groups is 1. The van der Waals surface area contributed by atoms with E-state index in [1.165, 1.54) is 0 Å². The van der Waals surface area contributed by atoms with E-state index in [-0.39, 0.29) is 11.9 Å². The lowest BCUT2D eigenvalue weighted by Gasteiger charge is -2.22. The topological polar surface area (TPSA) is 47.6 Å². The summed E-state index contributed by atoms with van der Waals surface area (Å²) < 4.78 is 11.3. The third-order valence-corrected chi connectivity index (χ3v) is 4.54. The van der Waals surface area contributed by atoms with Gasteiger partial charge in [0.2, 0.25) is 5.91 Å². The van der Waals surface area contributed by atoms with Crippen LogP contribution in [-0.2, 0) is 4.79 Å². The molecule has 4 nitrogen and oxygen atoms in total. The molecule has 1 N–H and O–H groups in total. The van der Waals surface area contributed by atoms with Crippen LogP contribution in [0.3, 0.4) is 0 Å². The number of fused-ring (bicyclic) bond motifs is 1. The Hall–Kier alpha value is -2.75. The Kier molecular flexibility index (Phi) is 4.42. The van der Waals surface area contributed by atoms with E-state index in [1.807, 2.05) is 54.6 Å². The highest BCUT2D eigenvalue weighted by Gasteiger charge is 2.33. The number of ether oxygens (including phenoxy) is 2. The standard InChI is InChI=1S/C21H21NO3/c23-20(11-6-15-4-2-1-3-5-15)22-21(16-7-8-16)17-9-10-18-19(14-17)25-13-12-24-18/h1-6,9-11,14,16,21H,7-8,12-13H2,(H,22,23). The van der Waals surface area contributed by atoms with Gasteiger partial charge in [-0.25, -0.2) is 0 Å². The first-order chi connectivity index (χ1) is 12.3. The molecule has 0 bridgehead atoms. The summed E-state index contributed by atoms with van der Waals surface area (Å²) in [5, 5.41) is 3.15. The molecule has 2 aromatic rings. The molecule has 0 radical (unpaired) electrons. The Labute approximate surface area is 147 Å². The van der Waals surface area contributed by atoms with E-state index >= 15 is 0 Å². The predicted molar refractivity (Wildman–Crippen MR) is 96.5 cm³/mol. The molecule has 1 aliphatic carbocycles. The van der Waals surface area contributed by atoms with Crippen molar-refractivity contribution in [3.8, 4) is 11.5 Å². The van der Waals surface area contributed by atoms with E-state index in [1.54, 1.807) is 6.08 Å². The molecule has 2 aromatic carbocycles. The Bertz CT molecular complexity index is 781. The van der Waals surface area contributed by atoms with Crippen LogP contribution in [0.5, 0.6) is 11.5 Å². The summed E-state index contributed by atoms with van der Waals surface area (Å²) in [5.41, 5.74) is 2.09. The molecule has 1 heterocycles. The van der Waals surface area contributed by atoms with Gasteiger partial charge in [-0.3, -0.25) is 4.79 Å². The third-order valence-electron chi connectivity index (χ3n) is 4.54. The van der Waals surface area contributed by atoms with Crippen molar-refractivity contribution in [2.45, 2.75) is 18.9 Å². The zero-order valence-corrected chi connectivity index (χ0v) is 14.0. The molecule has 0 spiro atoms. The minimum Gasteiger partial charge on any atom is -0.486 e. The van der Waals surface area contributed by atoms with E-state index < -0.39 is 0 Å². The molecule has 1 atom stereocenters. The maximum absolute atomic E-state index is 12.4. The molecule has 4 heteroatoms. The SMILES string of the molecule is O=C(C=Cc1ccccc1)NC(c1ccc2c(c1)OCCO2)C1CC1. The van der Waals surface area contributed by atoms with Crippen LogP contribution in [0.1, 0.15) is 30.0 Å². The molecule has 1 aliphatic heterocycles. The van der Waals surface area contributed by atoms with Crippen LogP contribution in [0, 0.1) is 5.92 Å². The van der Waals surface area contributed by atoms with Crippen molar-refractivity contribution < 1.29 is 14.3 Å². The van der Waals surface area contributed by atoms with Gasteiger partial charge in [0.15, 0.2) is 11.5 Å². The summed E-state index contributed by atoms with van der Waals surface area (Å²) >= 11 is 0. The van der Waals surface area contributed by atoms with E-state index in [0.29, 0.717) is 19.1 Å². The second-order valence-corrected chi connectivity index (χ2v) is 6.47. The van der Waals surface area contributed by atoms with Crippen LogP contribution in [-0.4, -0.2) is 19.1 Å². The average Bonchev–Trinajstić information content (AvgIpc) is 3.50. The van der Waals surface area contributed by atoms with Crippen LogP contribution in [0.25, 0.3) is 6.08 Å². The van der Waals surface area contributed by atoms with E-state index in [4.69, 9.17) is 9.47 Å². The Morgan fingerprint density at radius 2 is 1.80 bits per heavy atom. The molecular weight excluding hydrogens is 314 g/mol. The molecule has 0 saturated heterocycles. The molecule has 4 rings (SSSR count). The fourth-order valence-electron chi connectivity index (χ4n) is 3.09. The van der Waals surface area contributed by atoms with Crippen molar-refractivity contribution in [1.82, 2.24) is 5.32 Å². The van der Waals surface area contributed by atoms with Gasteiger partial charge < -0.3 is 14.8 Å². The fraction of sp³-hybridized carbons (Fsp3) is 0.286. The quantitative estimate of drug-likeness (QED) is 0.847. The minimum atomic E-state index is -0.0735. The molecule has 1 amide bonds. The van der Waals surface area contributed by atoms with Crippen molar-refractivity contribution in [3.63, 3.8) is 0 Å². The highest BCUT2D eigenvalue weighted by molar-refractivity contribution is 5.92. The van der Waals surface area contributed by atoms with Gasteiger partial charge in [0.25, 0.3) is 0 Å². The Morgan fingerprint density at radius 3 is 2.56 bits per heavy atom. The van der Waals surface area contributed by atoms with E-state index in [9.17, 15) is 4.79 Å². The lowest BCUT2D eigenvalue weighted by molar-refractivity contribution is -0.117. The van der Waals surface area contributed by atoms with Gasteiger partial charge in [0, 0.05) is 6.08 Å². The van der Waals surface area contributed by atoms with Gasteiger partial charge in [-0.2, -0.15) is 0 Å². The van der Waals surface area contributed by atoms with E-state index in [2.05, 4.69) is 5.32 Å². The molecule has 1 unspecified atom stereocenters. The van der Waals surface area contributed by atoms with Gasteiger partial charge in [-0.15, -0.1) is 0 Å². The summed E-state index contributed by atoms with van der Waals surface area (Å²) in [7, 11) is 0. The first kappa shape index (κ1) is 15.8. The number of nitrogens with one attached hydrogen (secondary N) is 1. The fourth-order valence-corrected chi connectivity index (χ4v) is 3.09. The first-order valence-electron chi connectivity index (χ1n) is 8.73. The van der Waals surface area contributed by atoms with Crippen molar-refractivity contribution in [1.29, 1.82) is 0 Å². The number of hydrogen-bond donors (Lipinski definition) is 1. The molecule has 128 valence electrons. The van der Waals surface area contributed by atoms with Crippen LogP contribution < -0.4 is 14.8 Å². The number of amides is 1. The van der Waals surface area contributed by atoms with Crippen LogP contribution >= 0.6 is 0 Å². The lowest BCUT2D eigenvalue weighted by Crippen LogP contribution is -2.28. The normalized spacial score (nSPS) is 17.3. The second-order valence-electron chi connectivity index (χ2n) is 6.47. The average molecular weight is 335 g/mol. The number of rotatable bonds is 5. The minimum absolute atomic E-state index is 0.0174. The number of benzene rings is 2. The molecule has 1 fully saturated rings. The highest BCUT2D eigenvalue weighted by Crippen LogP contribution is 2.43. The summed E-state index contributed by atoms with van der Waals surface area (Å²) in [6, 6.07) is 15.8. The molecule has 2 aliphatic rings. The molecule has 0 aromatic heterocycles. The largest absolute Gasteiger partial charge is 0.486 e. The highest BCUT2D eigenvalue weighted by atomic mass is 16.6. The number of carbonyl (C=O) groups excluding carboxylic acids is 1. The summed E-state index contributed by atoms with van der Waals surface area (Å²) in [5.74, 6) is 1.97. The smallest absolute Gasteiger partial charge is 0.244 e. The number of hydrogen-bond acceptors (Lipinski definition) is 3. The van der Waals surface area contributed by atoms with Crippen LogP contribution in [0.4, 0.5) is 0 Å². The maximum atomic E-state index is 12.4. The van der Waals surface area contributed by atoms with Gasteiger partial charge in [0.05, 0.1) is 6.04 Å². The van der Waals surface area contributed by atoms with Gasteiger partial charge >= 0.3 is 0 Å². The maximum Gasteiger partial charge on any atom is 0.244 e. The van der Waals surface area contributed by atoms with Crippen LogP contribution in [0.15, 0.2) is 54.6 Å². The van der Waals surface area contributed by atoms with Crippen molar-refractivity contribution in [2.75, 3.05) is 13.2 Å². The van der Waals surface area contributed by atoms with Gasteiger partial charge in [-0.1, -0.05) is 36.4 Å². The van der Waals surface area contributed by atoms with Crippen molar-refractivity contribution in [2.24, 2.45) is 5.92 Å². The monoisotopic (exact) mass is 335 g/mol. The molecule has 25 heavy (non-hydrogen) atoms. The van der Waals surface area contributed by atoms with Crippen LogP contribution in [0.2, 0.25) is 0 Å². The lowest BCUT2D eigenvalue weighted by atomic mass is 10.0. The zero-order valence-electron chi connectivity index (χ0n) is 14.0. The molecular formula is C21H21NO3. The summed E-state index contributed by atoms with van der Waals surface area (Å²) in [6.45, 7) is 1.15. The molecule has 1 saturated carbocycles. The van der Waals surface area contributed by atoms with Gasteiger partial charge in [-0.05, 0) is 48.1 Å². The first-order valence-corrected chi connectivity index (χ1v) is 8.73. The summed E-state index contributed by atoms with van der Waals surface area (Å²) in [4.78, 5) is 12.4. The Morgan fingerprint density at radius 1 is 1.04 bits per heavy atom. The van der Waals surface area contributed by atoms with Crippen molar-refractivity contribution in [3.05, 3.63) is 65.7 Å². The predicted octanol–water partition coefficient (Wildman–Crippen LogP) is 3.74. The Balaban J connectivity index is 1.48.